The van der Waals surface area contributed by atoms with Gasteiger partial charge in [0.1, 0.15) is 0 Å². The number of hydrogen-bond acceptors (Lipinski definition) is 3. The minimum Gasteiger partial charge on any atom is -0.339 e. The summed E-state index contributed by atoms with van der Waals surface area (Å²) in [7, 11) is 0. The summed E-state index contributed by atoms with van der Waals surface area (Å²) in [6, 6.07) is 7.38. The van der Waals surface area contributed by atoms with Crippen molar-refractivity contribution in [3.05, 3.63) is 34.9 Å². The molecule has 1 aromatic rings. The third-order valence-electron chi connectivity index (χ3n) is 4.90. The van der Waals surface area contributed by atoms with E-state index in [9.17, 15) is 9.59 Å². The van der Waals surface area contributed by atoms with Crippen molar-refractivity contribution in [1.82, 2.24) is 15.1 Å². The SMILES string of the molecule is O=C(Cc1ccc(Cl)cc1)N1CCN(C(=O)C2CCNCC2)CC1. The molecule has 130 valence electrons. The second kappa shape index (κ2) is 7.99. The number of piperazine rings is 1. The van der Waals surface area contributed by atoms with Crippen molar-refractivity contribution < 1.29 is 9.59 Å². The summed E-state index contributed by atoms with van der Waals surface area (Å²) >= 11 is 5.87. The number of nitrogens with one attached hydrogen (secondary N) is 1. The highest BCUT2D eigenvalue weighted by Gasteiger charge is 2.29. The lowest BCUT2D eigenvalue weighted by molar-refractivity contribution is -0.142. The molecule has 24 heavy (non-hydrogen) atoms. The molecule has 0 aromatic heterocycles. The van der Waals surface area contributed by atoms with Crippen LogP contribution in [0.25, 0.3) is 0 Å². The van der Waals surface area contributed by atoms with Gasteiger partial charge >= 0.3 is 0 Å². The van der Waals surface area contributed by atoms with Crippen LogP contribution in [0.3, 0.4) is 0 Å². The Bertz CT molecular complexity index is 576. The van der Waals surface area contributed by atoms with Crippen molar-refractivity contribution in [3.8, 4) is 0 Å². The maximum atomic E-state index is 12.5. The molecule has 5 nitrogen and oxygen atoms in total. The van der Waals surface area contributed by atoms with Crippen LogP contribution in [0.4, 0.5) is 0 Å². The predicted octanol–water partition coefficient (Wildman–Crippen LogP) is 1.55. The van der Waals surface area contributed by atoms with Gasteiger partial charge in [-0.3, -0.25) is 9.59 Å². The summed E-state index contributed by atoms with van der Waals surface area (Å²) in [5.74, 6) is 0.537. The van der Waals surface area contributed by atoms with Crippen molar-refractivity contribution >= 4 is 23.4 Å². The number of carbonyl (C=O) groups excluding carboxylic acids is 2. The fourth-order valence-electron chi connectivity index (χ4n) is 3.39. The van der Waals surface area contributed by atoms with E-state index in [0.717, 1.165) is 31.5 Å². The molecule has 1 aromatic carbocycles. The number of carbonyl (C=O) groups is 2. The van der Waals surface area contributed by atoms with Crippen LogP contribution in [0.1, 0.15) is 18.4 Å². The van der Waals surface area contributed by atoms with Gasteiger partial charge in [0, 0.05) is 37.1 Å². The Kier molecular flexibility index (Phi) is 5.74. The average molecular weight is 350 g/mol. The van der Waals surface area contributed by atoms with Crippen LogP contribution in [0, 0.1) is 5.92 Å². The van der Waals surface area contributed by atoms with Gasteiger partial charge in [-0.15, -0.1) is 0 Å². The van der Waals surface area contributed by atoms with Crippen LogP contribution < -0.4 is 5.32 Å². The first-order valence-electron chi connectivity index (χ1n) is 8.65. The van der Waals surface area contributed by atoms with Crippen LogP contribution >= 0.6 is 11.6 Å². The highest BCUT2D eigenvalue weighted by molar-refractivity contribution is 6.30. The monoisotopic (exact) mass is 349 g/mol. The third-order valence-corrected chi connectivity index (χ3v) is 5.15. The molecule has 2 aliphatic rings. The van der Waals surface area contributed by atoms with Crippen molar-refractivity contribution in [2.24, 2.45) is 5.92 Å². The van der Waals surface area contributed by atoms with Gasteiger partial charge in [-0.2, -0.15) is 0 Å². The third kappa shape index (κ3) is 4.28. The number of nitrogens with zero attached hydrogens (tertiary/aromatic N) is 2. The molecule has 6 heteroatoms. The van der Waals surface area contributed by atoms with Crippen molar-refractivity contribution in [2.45, 2.75) is 19.3 Å². The van der Waals surface area contributed by atoms with E-state index in [1.54, 1.807) is 12.1 Å². The summed E-state index contributed by atoms with van der Waals surface area (Å²) in [6.45, 7) is 4.41. The molecule has 2 aliphatic heterocycles. The van der Waals surface area contributed by atoms with Gasteiger partial charge in [-0.1, -0.05) is 23.7 Å². The van der Waals surface area contributed by atoms with Gasteiger partial charge in [-0.25, -0.2) is 0 Å². The number of hydrogen-bond donors (Lipinski definition) is 1. The summed E-state index contributed by atoms with van der Waals surface area (Å²) in [5, 5.41) is 3.97. The Morgan fingerprint density at radius 1 is 1.00 bits per heavy atom. The fraction of sp³-hybridized carbons (Fsp3) is 0.556. The van der Waals surface area contributed by atoms with E-state index < -0.39 is 0 Å². The Balaban J connectivity index is 1.48. The molecule has 2 fully saturated rings. The molecule has 0 radical (unpaired) electrons. The quantitative estimate of drug-likeness (QED) is 0.901. The maximum absolute atomic E-state index is 12.5. The summed E-state index contributed by atoms with van der Waals surface area (Å²) in [6.07, 6.45) is 2.24. The van der Waals surface area contributed by atoms with Gasteiger partial charge in [-0.05, 0) is 43.6 Å². The summed E-state index contributed by atoms with van der Waals surface area (Å²) < 4.78 is 0. The average Bonchev–Trinajstić information content (AvgIpc) is 2.64. The summed E-state index contributed by atoms with van der Waals surface area (Å²) in [4.78, 5) is 28.7. The highest BCUT2D eigenvalue weighted by atomic mass is 35.5. The van der Waals surface area contributed by atoms with Gasteiger partial charge in [0.2, 0.25) is 11.8 Å². The summed E-state index contributed by atoms with van der Waals surface area (Å²) in [5.41, 5.74) is 0.970. The predicted molar refractivity (Wildman–Crippen MR) is 93.9 cm³/mol. The maximum Gasteiger partial charge on any atom is 0.227 e. The molecule has 0 unspecified atom stereocenters. The Morgan fingerprint density at radius 3 is 2.21 bits per heavy atom. The van der Waals surface area contributed by atoms with Crippen molar-refractivity contribution in [2.75, 3.05) is 39.3 Å². The highest BCUT2D eigenvalue weighted by Crippen LogP contribution is 2.17. The van der Waals surface area contributed by atoms with E-state index in [4.69, 9.17) is 11.6 Å². The fourth-order valence-corrected chi connectivity index (χ4v) is 3.52. The smallest absolute Gasteiger partial charge is 0.227 e. The topological polar surface area (TPSA) is 52.7 Å². The lowest BCUT2D eigenvalue weighted by atomic mass is 9.96. The lowest BCUT2D eigenvalue weighted by Crippen LogP contribution is -2.53. The normalized spacial score (nSPS) is 19.4. The van der Waals surface area contributed by atoms with Crippen LogP contribution in [-0.4, -0.2) is 60.9 Å². The molecular formula is C18H24ClN3O2. The standard InChI is InChI=1S/C18H24ClN3O2/c19-16-3-1-14(2-4-16)13-17(23)21-9-11-22(12-10-21)18(24)15-5-7-20-8-6-15/h1-4,15,20H,5-13H2. The van der Waals surface area contributed by atoms with Crippen LogP contribution in [0.15, 0.2) is 24.3 Å². The van der Waals surface area contributed by atoms with E-state index >= 15 is 0 Å². The van der Waals surface area contributed by atoms with E-state index in [-0.39, 0.29) is 17.7 Å². The molecule has 1 N–H and O–H groups in total. The molecule has 0 saturated carbocycles. The van der Waals surface area contributed by atoms with Gasteiger partial charge < -0.3 is 15.1 Å². The van der Waals surface area contributed by atoms with Crippen LogP contribution in [0.2, 0.25) is 5.02 Å². The number of rotatable bonds is 3. The first-order chi connectivity index (χ1) is 11.6. The molecule has 2 amide bonds. The Morgan fingerprint density at radius 2 is 1.58 bits per heavy atom. The van der Waals surface area contributed by atoms with E-state index in [1.807, 2.05) is 21.9 Å². The van der Waals surface area contributed by atoms with E-state index in [0.29, 0.717) is 37.6 Å². The molecule has 2 heterocycles. The van der Waals surface area contributed by atoms with E-state index in [1.165, 1.54) is 0 Å². The molecule has 2 saturated heterocycles. The number of amides is 2. The number of piperidine rings is 1. The molecule has 0 aliphatic carbocycles. The first-order valence-corrected chi connectivity index (χ1v) is 9.03. The second-order valence-electron chi connectivity index (χ2n) is 6.53. The molecule has 0 bridgehead atoms. The molecule has 0 atom stereocenters. The zero-order chi connectivity index (χ0) is 16.9. The van der Waals surface area contributed by atoms with Gasteiger partial charge in [0.05, 0.1) is 6.42 Å². The zero-order valence-corrected chi connectivity index (χ0v) is 14.6. The zero-order valence-electron chi connectivity index (χ0n) is 13.8. The first kappa shape index (κ1) is 17.2. The van der Waals surface area contributed by atoms with Crippen LogP contribution in [-0.2, 0) is 16.0 Å². The largest absolute Gasteiger partial charge is 0.339 e. The van der Waals surface area contributed by atoms with Crippen molar-refractivity contribution in [1.29, 1.82) is 0 Å². The number of benzene rings is 1. The lowest BCUT2D eigenvalue weighted by Gasteiger charge is -2.37. The minimum atomic E-state index is 0.117. The van der Waals surface area contributed by atoms with E-state index in [2.05, 4.69) is 5.32 Å². The molecule has 3 rings (SSSR count). The molecule has 0 spiro atoms. The Labute approximate surface area is 147 Å². The van der Waals surface area contributed by atoms with Crippen molar-refractivity contribution in [3.63, 3.8) is 0 Å². The second-order valence-corrected chi connectivity index (χ2v) is 6.97. The Hall–Kier alpha value is -1.59. The number of halogens is 1. The van der Waals surface area contributed by atoms with Crippen LogP contribution in [0.5, 0.6) is 0 Å². The van der Waals surface area contributed by atoms with Gasteiger partial charge in [0.15, 0.2) is 0 Å². The minimum absolute atomic E-state index is 0.117. The molecular weight excluding hydrogens is 326 g/mol. The van der Waals surface area contributed by atoms with Gasteiger partial charge in [0.25, 0.3) is 0 Å².